The Morgan fingerprint density at radius 2 is 1.73 bits per heavy atom. The molecule has 1 unspecified atom stereocenters. The number of methoxy groups -OCH3 is 2. The summed E-state index contributed by atoms with van der Waals surface area (Å²) in [5, 5.41) is 21.6. The van der Waals surface area contributed by atoms with E-state index < -0.39 is 17.7 Å². The van der Waals surface area contributed by atoms with Gasteiger partial charge >= 0.3 is 0 Å². The highest BCUT2D eigenvalue weighted by atomic mass is 16.5. The number of carbonyl (C=O) groups excluding carboxylic acids is 2. The van der Waals surface area contributed by atoms with Crippen LogP contribution in [-0.4, -0.2) is 47.6 Å². The van der Waals surface area contributed by atoms with Crippen LogP contribution in [0, 0.1) is 0 Å². The molecule has 7 heteroatoms. The van der Waals surface area contributed by atoms with Gasteiger partial charge in [0.15, 0.2) is 11.5 Å². The van der Waals surface area contributed by atoms with Crippen molar-refractivity contribution in [2.75, 3.05) is 20.8 Å². The molecule has 2 aromatic rings. The van der Waals surface area contributed by atoms with Gasteiger partial charge in [-0.05, 0) is 53.8 Å². The van der Waals surface area contributed by atoms with Crippen LogP contribution >= 0.6 is 0 Å². The quantitative estimate of drug-likeness (QED) is 0.340. The number of unbranched alkanes of at least 4 members (excludes halogenated alkanes) is 1. The molecule has 0 aliphatic carbocycles. The molecule has 0 radical (unpaired) electrons. The van der Waals surface area contributed by atoms with Gasteiger partial charge in [0.1, 0.15) is 11.5 Å². The van der Waals surface area contributed by atoms with Crippen LogP contribution in [0.4, 0.5) is 0 Å². The van der Waals surface area contributed by atoms with E-state index in [1.165, 1.54) is 18.1 Å². The summed E-state index contributed by atoms with van der Waals surface area (Å²) >= 11 is 0. The Balaban J connectivity index is 2.21. The molecule has 176 valence electrons. The molecule has 1 aliphatic heterocycles. The monoisotopic (exact) mass is 453 g/mol. The molecule has 33 heavy (non-hydrogen) atoms. The summed E-state index contributed by atoms with van der Waals surface area (Å²) in [7, 11) is 3.02. The maximum Gasteiger partial charge on any atom is 0.295 e. The largest absolute Gasteiger partial charge is 0.507 e. The van der Waals surface area contributed by atoms with Gasteiger partial charge in [0.2, 0.25) is 0 Å². The minimum Gasteiger partial charge on any atom is -0.507 e. The van der Waals surface area contributed by atoms with Crippen molar-refractivity contribution in [2.24, 2.45) is 0 Å². The molecule has 1 aliphatic rings. The molecule has 1 amide bonds. The summed E-state index contributed by atoms with van der Waals surface area (Å²) in [6, 6.07) is 9.10. The summed E-state index contributed by atoms with van der Waals surface area (Å²) in [5.41, 5.74) is 1.82. The number of aliphatic hydroxyl groups is 1. The van der Waals surface area contributed by atoms with Crippen LogP contribution < -0.4 is 9.47 Å². The fraction of sp³-hybridized carbons (Fsp3) is 0.385. The Hall–Kier alpha value is -3.48. The number of hydrogen-bond donors (Lipinski definition) is 2. The maximum atomic E-state index is 13.1. The Morgan fingerprint density at radius 1 is 1.06 bits per heavy atom. The van der Waals surface area contributed by atoms with Gasteiger partial charge in [-0.15, -0.1) is 0 Å². The minimum absolute atomic E-state index is 0.000503. The van der Waals surface area contributed by atoms with Crippen LogP contribution in [0.2, 0.25) is 0 Å². The second-order valence-corrected chi connectivity index (χ2v) is 8.39. The number of ketones is 1. The number of phenolic OH excluding ortho intramolecular Hbond substituents is 1. The number of carbonyl (C=O) groups is 2. The number of benzene rings is 2. The Morgan fingerprint density at radius 3 is 2.30 bits per heavy atom. The molecule has 1 fully saturated rings. The molecular weight excluding hydrogens is 422 g/mol. The lowest BCUT2D eigenvalue weighted by molar-refractivity contribution is -0.139. The first-order valence-electron chi connectivity index (χ1n) is 11.1. The number of phenols is 1. The van der Waals surface area contributed by atoms with E-state index in [9.17, 15) is 19.8 Å². The second kappa shape index (κ2) is 9.98. The van der Waals surface area contributed by atoms with Crippen molar-refractivity contribution in [1.82, 2.24) is 4.90 Å². The molecule has 0 spiro atoms. The van der Waals surface area contributed by atoms with Crippen LogP contribution in [-0.2, 0) is 9.59 Å². The van der Waals surface area contributed by atoms with E-state index in [2.05, 4.69) is 0 Å². The number of amides is 1. The van der Waals surface area contributed by atoms with Crippen molar-refractivity contribution < 1.29 is 29.3 Å². The number of hydrogen-bond acceptors (Lipinski definition) is 6. The molecule has 7 nitrogen and oxygen atoms in total. The Labute approximate surface area is 194 Å². The van der Waals surface area contributed by atoms with Gasteiger partial charge in [0.05, 0.1) is 25.8 Å². The molecule has 0 aromatic heterocycles. The summed E-state index contributed by atoms with van der Waals surface area (Å²) in [4.78, 5) is 27.5. The van der Waals surface area contributed by atoms with Crippen LogP contribution in [0.1, 0.15) is 62.3 Å². The van der Waals surface area contributed by atoms with E-state index in [1.54, 1.807) is 37.4 Å². The van der Waals surface area contributed by atoms with Gasteiger partial charge in [-0.25, -0.2) is 0 Å². The summed E-state index contributed by atoms with van der Waals surface area (Å²) < 4.78 is 10.6. The van der Waals surface area contributed by atoms with E-state index in [-0.39, 0.29) is 28.7 Å². The Bertz CT molecular complexity index is 1090. The van der Waals surface area contributed by atoms with Crippen LogP contribution in [0.5, 0.6) is 17.2 Å². The first-order valence-corrected chi connectivity index (χ1v) is 11.1. The SMILES string of the molecule is CCCCN1C(=O)C(=O)/C(=C(\O)c2ccc(OC)c(C(C)C)c2)C1c1ccc(OC)c(O)c1. The molecule has 0 saturated carbocycles. The molecule has 2 N–H and O–H groups in total. The van der Waals surface area contributed by atoms with Crippen LogP contribution in [0.15, 0.2) is 42.0 Å². The fourth-order valence-corrected chi connectivity index (χ4v) is 4.15. The van der Waals surface area contributed by atoms with Crippen molar-refractivity contribution in [1.29, 1.82) is 0 Å². The maximum absolute atomic E-state index is 13.1. The zero-order valence-corrected chi connectivity index (χ0v) is 19.7. The molecule has 3 rings (SSSR count). The molecular formula is C26H31NO6. The van der Waals surface area contributed by atoms with E-state index in [0.717, 1.165) is 12.0 Å². The summed E-state index contributed by atoms with van der Waals surface area (Å²) in [5.74, 6) is -0.690. The normalized spacial score (nSPS) is 17.6. The van der Waals surface area contributed by atoms with Crippen molar-refractivity contribution >= 4 is 17.4 Å². The van der Waals surface area contributed by atoms with Gasteiger partial charge in [0, 0.05) is 12.1 Å². The highest BCUT2D eigenvalue weighted by Crippen LogP contribution is 2.42. The average molecular weight is 454 g/mol. The lowest BCUT2D eigenvalue weighted by atomic mass is 9.93. The average Bonchev–Trinajstić information content (AvgIpc) is 3.06. The van der Waals surface area contributed by atoms with Crippen molar-refractivity contribution in [3.8, 4) is 17.2 Å². The van der Waals surface area contributed by atoms with E-state index in [0.29, 0.717) is 29.8 Å². The standard InChI is InChI=1S/C26H31NO6/c1-6-7-12-27-23(16-8-11-21(33-5)19(28)14-16)22(25(30)26(27)31)24(29)17-9-10-20(32-4)18(13-17)15(2)3/h8-11,13-15,23,28-29H,6-7,12H2,1-5H3/b24-22-. The molecule has 1 saturated heterocycles. The number of ether oxygens (including phenoxy) is 2. The fourth-order valence-electron chi connectivity index (χ4n) is 4.15. The zero-order chi connectivity index (χ0) is 24.3. The predicted molar refractivity (Wildman–Crippen MR) is 126 cm³/mol. The first-order chi connectivity index (χ1) is 15.7. The van der Waals surface area contributed by atoms with Crippen molar-refractivity contribution in [3.63, 3.8) is 0 Å². The van der Waals surface area contributed by atoms with Crippen LogP contribution in [0.25, 0.3) is 5.76 Å². The summed E-state index contributed by atoms with van der Waals surface area (Å²) in [6.45, 7) is 6.36. The summed E-state index contributed by atoms with van der Waals surface area (Å²) in [6.07, 6.45) is 1.53. The predicted octanol–water partition coefficient (Wildman–Crippen LogP) is 4.75. The number of aliphatic hydroxyl groups excluding tert-OH is 1. The number of aromatic hydroxyl groups is 1. The topological polar surface area (TPSA) is 96.3 Å². The van der Waals surface area contributed by atoms with Gasteiger partial charge in [-0.2, -0.15) is 0 Å². The van der Waals surface area contributed by atoms with E-state index >= 15 is 0 Å². The highest BCUT2D eigenvalue weighted by molar-refractivity contribution is 6.46. The molecule has 0 bridgehead atoms. The van der Waals surface area contributed by atoms with Crippen molar-refractivity contribution in [2.45, 2.75) is 45.6 Å². The Kier molecular flexibility index (Phi) is 7.31. The number of likely N-dealkylation sites (tertiary alicyclic amines) is 1. The lowest BCUT2D eigenvalue weighted by Crippen LogP contribution is -2.30. The van der Waals surface area contributed by atoms with Gasteiger partial charge in [0.25, 0.3) is 11.7 Å². The van der Waals surface area contributed by atoms with E-state index in [4.69, 9.17) is 9.47 Å². The van der Waals surface area contributed by atoms with Gasteiger partial charge < -0.3 is 24.6 Å². The molecule has 2 aromatic carbocycles. The van der Waals surface area contributed by atoms with E-state index in [1.807, 2.05) is 20.8 Å². The third-order valence-corrected chi connectivity index (χ3v) is 5.94. The zero-order valence-electron chi connectivity index (χ0n) is 19.7. The lowest BCUT2D eigenvalue weighted by Gasteiger charge is -2.25. The van der Waals surface area contributed by atoms with Crippen LogP contribution in [0.3, 0.4) is 0 Å². The smallest absolute Gasteiger partial charge is 0.295 e. The number of nitrogens with zero attached hydrogens (tertiary/aromatic N) is 1. The van der Waals surface area contributed by atoms with Gasteiger partial charge in [-0.1, -0.05) is 33.3 Å². The highest BCUT2D eigenvalue weighted by Gasteiger charge is 2.46. The third kappa shape index (κ3) is 4.53. The number of rotatable bonds is 8. The molecule has 1 atom stereocenters. The first kappa shape index (κ1) is 24.2. The third-order valence-electron chi connectivity index (χ3n) is 5.94. The van der Waals surface area contributed by atoms with Crippen molar-refractivity contribution in [3.05, 3.63) is 58.7 Å². The molecule has 1 heterocycles. The van der Waals surface area contributed by atoms with Gasteiger partial charge in [-0.3, -0.25) is 9.59 Å². The second-order valence-electron chi connectivity index (χ2n) is 8.39. The minimum atomic E-state index is -0.821. The number of Topliss-reactive ketones (excluding diaryl/α,β-unsaturated/α-hetero) is 1.